The van der Waals surface area contributed by atoms with E-state index in [0.29, 0.717) is 16.6 Å². The van der Waals surface area contributed by atoms with E-state index in [1.807, 2.05) is 11.4 Å². The Morgan fingerprint density at radius 2 is 2.21 bits per heavy atom. The highest BCUT2D eigenvalue weighted by Gasteiger charge is 2.06. The number of amides is 1. The van der Waals surface area contributed by atoms with Crippen molar-refractivity contribution in [2.24, 2.45) is 0 Å². The molecular weight excluding hydrogens is 329 g/mol. The summed E-state index contributed by atoms with van der Waals surface area (Å²) in [6.45, 7) is 0. The standard InChI is InChI=1S/C14H13BrFNOS/c15-12-9-10(16)6-7-13(12)17-14(18)5-1-3-11-4-2-8-19-11/h2,4,6-9H,1,3,5H2,(H,17,18). The summed E-state index contributed by atoms with van der Waals surface area (Å²) in [6.07, 6.45) is 2.18. The Hall–Kier alpha value is -1.20. The van der Waals surface area contributed by atoms with Gasteiger partial charge in [0.05, 0.1) is 5.69 Å². The third-order valence-electron chi connectivity index (χ3n) is 2.61. The zero-order valence-electron chi connectivity index (χ0n) is 10.2. The largest absolute Gasteiger partial charge is 0.325 e. The summed E-state index contributed by atoms with van der Waals surface area (Å²) in [5, 5.41) is 4.80. The SMILES string of the molecule is O=C(CCCc1cccs1)Nc1ccc(F)cc1Br. The summed E-state index contributed by atoms with van der Waals surface area (Å²) in [5.41, 5.74) is 0.600. The van der Waals surface area contributed by atoms with E-state index >= 15 is 0 Å². The van der Waals surface area contributed by atoms with Crippen LogP contribution in [0.5, 0.6) is 0 Å². The smallest absolute Gasteiger partial charge is 0.224 e. The molecule has 2 rings (SSSR count). The van der Waals surface area contributed by atoms with Gasteiger partial charge in [-0.2, -0.15) is 0 Å². The molecule has 0 spiro atoms. The molecule has 1 N–H and O–H groups in total. The lowest BCUT2D eigenvalue weighted by Gasteiger charge is -2.07. The van der Waals surface area contributed by atoms with Crippen LogP contribution in [0.15, 0.2) is 40.2 Å². The molecule has 0 saturated carbocycles. The number of hydrogen-bond acceptors (Lipinski definition) is 2. The lowest BCUT2D eigenvalue weighted by Crippen LogP contribution is -2.11. The molecular formula is C14H13BrFNOS. The fourth-order valence-electron chi connectivity index (χ4n) is 1.68. The zero-order chi connectivity index (χ0) is 13.7. The van der Waals surface area contributed by atoms with E-state index in [2.05, 4.69) is 27.3 Å². The van der Waals surface area contributed by atoms with Crippen LogP contribution in [0.1, 0.15) is 17.7 Å². The molecule has 0 bridgehead atoms. The van der Waals surface area contributed by atoms with Gasteiger partial charge in [-0.3, -0.25) is 4.79 Å². The predicted molar refractivity (Wildman–Crippen MR) is 80.0 cm³/mol. The van der Waals surface area contributed by atoms with Crippen molar-refractivity contribution in [3.8, 4) is 0 Å². The second-order valence-corrected chi connectivity index (χ2v) is 5.99. The molecule has 0 aliphatic rings. The molecule has 0 unspecified atom stereocenters. The van der Waals surface area contributed by atoms with Gasteiger partial charge in [-0.1, -0.05) is 6.07 Å². The van der Waals surface area contributed by atoms with Crippen molar-refractivity contribution in [3.63, 3.8) is 0 Å². The number of carbonyl (C=O) groups excluding carboxylic acids is 1. The second-order valence-electron chi connectivity index (χ2n) is 4.11. The maximum Gasteiger partial charge on any atom is 0.224 e. The highest BCUT2D eigenvalue weighted by Crippen LogP contribution is 2.23. The van der Waals surface area contributed by atoms with Gasteiger partial charge < -0.3 is 5.32 Å². The summed E-state index contributed by atoms with van der Waals surface area (Å²) in [4.78, 5) is 13.0. The van der Waals surface area contributed by atoms with Crippen molar-refractivity contribution in [1.82, 2.24) is 0 Å². The fourth-order valence-corrected chi connectivity index (χ4v) is 2.88. The number of rotatable bonds is 5. The van der Waals surface area contributed by atoms with Crippen molar-refractivity contribution in [1.29, 1.82) is 0 Å². The summed E-state index contributed by atoms with van der Waals surface area (Å²) in [6, 6.07) is 8.29. The lowest BCUT2D eigenvalue weighted by atomic mass is 10.2. The van der Waals surface area contributed by atoms with Crippen molar-refractivity contribution in [2.75, 3.05) is 5.32 Å². The number of benzene rings is 1. The number of anilines is 1. The first-order valence-corrected chi connectivity index (χ1v) is 7.60. The molecule has 100 valence electrons. The Morgan fingerprint density at radius 1 is 1.37 bits per heavy atom. The molecule has 1 heterocycles. The van der Waals surface area contributed by atoms with Crippen LogP contribution in [0.25, 0.3) is 0 Å². The fraction of sp³-hybridized carbons (Fsp3) is 0.214. The Kier molecular flexibility index (Phi) is 5.10. The van der Waals surface area contributed by atoms with Gasteiger partial charge in [0.1, 0.15) is 5.82 Å². The Balaban J connectivity index is 1.80. The molecule has 1 amide bonds. The summed E-state index contributed by atoms with van der Waals surface area (Å²) in [7, 11) is 0. The van der Waals surface area contributed by atoms with Crippen LogP contribution in [-0.4, -0.2) is 5.91 Å². The van der Waals surface area contributed by atoms with E-state index in [4.69, 9.17) is 0 Å². The van der Waals surface area contributed by atoms with Gasteiger partial charge in [-0.25, -0.2) is 4.39 Å². The molecule has 2 aromatic rings. The van der Waals surface area contributed by atoms with Crippen LogP contribution >= 0.6 is 27.3 Å². The minimum atomic E-state index is -0.331. The Morgan fingerprint density at radius 3 is 2.89 bits per heavy atom. The zero-order valence-corrected chi connectivity index (χ0v) is 12.6. The highest BCUT2D eigenvalue weighted by atomic mass is 79.9. The molecule has 0 aliphatic heterocycles. The molecule has 0 atom stereocenters. The minimum Gasteiger partial charge on any atom is -0.325 e. The first-order valence-electron chi connectivity index (χ1n) is 5.92. The lowest BCUT2D eigenvalue weighted by molar-refractivity contribution is -0.116. The molecule has 0 saturated heterocycles. The van der Waals surface area contributed by atoms with Crippen LogP contribution in [0.4, 0.5) is 10.1 Å². The van der Waals surface area contributed by atoms with Crippen molar-refractivity contribution in [2.45, 2.75) is 19.3 Å². The van der Waals surface area contributed by atoms with Crippen LogP contribution in [0.3, 0.4) is 0 Å². The van der Waals surface area contributed by atoms with Gasteiger partial charge in [-0.15, -0.1) is 11.3 Å². The average molecular weight is 342 g/mol. The monoisotopic (exact) mass is 341 g/mol. The molecule has 5 heteroatoms. The molecule has 1 aromatic heterocycles. The maximum atomic E-state index is 12.9. The number of nitrogens with one attached hydrogen (secondary N) is 1. The quantitative estimate of drug-likeness (QED) is 0.845. The first-order chi connectivity index (χ1) is 9.15. The van der Waals surface area contributed by atoms with Crippen LogP contribution < -0.4 is 5.32 Å². The summed E-state index contributed by atoms with van der Waals surface area (Å²) < 4.78 is 13.5. The summed E-state index contributed by atoms with van der Waals surface area (Å²) >= 11 is 4.92. The molecule has 0 radical (unpaired) electrons. The molecule has 0 aliphatic carbocycles. The van der Waals surface area contributed by atoms with Crippen molar-refractivity contribution >= 4 is 38.9 Å². The van der Waals surface area contributed by atoms with E-state index in [9.17, 15) is 9.18 Å². The van der Waals surface area contributed by atoms with E-state index in [0.717, 1.165) is 12.8 Å². The third kappa shape index (κ3) is 4.44. The van der Waals surface area contributed by atoms with Crippen molar-refractivity contribution in [3.05, 3.63) is 50.9 Å². The van der Waals surface area contributed by atoms with Crippen LogP contribution in [0.2, 0.25) is 0 Å². The number of halogens is 2. The van der Waals surface area contributed by atoms with E-state index in [1.165, 1.54) is 17.0 Å². The van der Waals surface area contributed by atoms with Gasteiger partial charge in [0, 0.05) is 15.8 Å². The van der Waals surface area contributed by atoms with E-state index in [1.54, 1.807) is 17.4 Å². The molecule has 1 aromatic carbocycles. The summed E-state index contributed by atoms with van der Waals surface area (Å²) in [5.74, 6) is -0.383. The maximum absolute atomic E-state index is 12.9. The van der Waals surface area contributed by atoms with E-state index in [-0.39, 0.29) is 11.7 Å². The Labute approximate surface area is 123 Å². The molecule has 19 heavy (non-hydrogen) atoms. The van der Waals surface area contributed by atoms with E-state index < -0.39 is 0 Å². The van der Waals surface area contributed by atoms with Crippen molar-refractivity contribution < 1.29 is 9.18 Å². The van der Waals surface area contributed by atoms with Gasteiger partial charge in [0.2, 0.25) is 5.91 Å². The van der Waals surface area contributed by atoms with Crippen LogP contribution in [0, 0.1) is 5.82 Å². The molecule has 2 nitrogen and oxygen atoms in total. The van der Waals surface area contributed by atoms with Gasteiger partial charge in [0.15, 0.2) is 0 Å². The topological polar surface area (TPSA) is 29.1 Å². The predicted octanol–water partition coefficient (Wildman–Crippen LogP) is 4.61. The van der Waals surface area contributed by atoms with Gasteiger partial charge in [-0.05, 0) is 58.4 Å². The average Bonchev–Trinajstić information content (AvgIpc) is 2.86. The highest BCUT2D eigenvalue weighted by molar-refractivity contribution is 9.10. The minimum absolute atomic E-state index is 0.0520. The number of thiophene rings is 1. The second kappa shape index (κ2) is 6.82. The number of aryl methyl sites for hydroxylation is 1. The number of hydrogen-bond donors (Lipinski definition) is 1. The first kappa shape index (κ1) is 14.2. The molecule has 0 fully saturated rings. The van der Waals surface area contributed by atoms with Gasteiger partial charge in [0.25, 0.3) is 0 Å². The van der Waals surface area contributed by atoms with Crippen LogP contribution in [-0.2, 0) is 11.2 Å². The normalized spacial score (nSPS) is 10.4. The number of carbonyl (C=O) groups is 1. The Bertz CT molecular complexity index is 557. The van der Waals surface area contributed by atoms with Gasteiger partial charge >= 0.3 is 0 Å². The third-order valence-corrected chi connectivity index (χ3v) is 4.20.